The van der Waals surface area contributed by atoms with Gasteiger partial charge in [0.2, 0.25) is 5.65 Å². The molecular weight excluding hydrogens is 172 g/mol. The molecule has 7 nitrogen and oxygen atoms in total. The van der Waals surface area contributed by atoms with Gasteiger partial charge in [-0.1, -0.05) is 0 Å². The van der Waals surface area contributed by atoms with Crippen LogP contribution in [0.2, 0.25) is 0 Å². The third-order valence-electron chi connectivity index (χ3n) is 1.58. The molecule has 2 aromatic heterocycles. The lowest BCUT2D eigenvalue weighted by molar-refractivity contribution is 0.0958. The van der Waals surface area contributed by atoms with Crippen LogP contribution in [0.4, 0.5) is 0 Å². The molecule has 0 unspecified atom stereocenters. The zero-order chi connectivity index (χ0) is 9.26. The van der Waals surface area contributed by atoms with Crippen molar-refractivity contribution in [2.24, 2.45) is 0 Å². The molecule has 0 aliphatic heterocycles. The van der Waals surface area contributed by atoms with E-state index in [1.807, 2.05) is 0 Å². The predicted molar refractivity (Wildman–Crippen MR) is 42.9 cm³/mol. The molecule has 13 heavy (non-hydrogen) atoms. The number of aromatic nitrogens is 5. The van der Waals surface area contributed by atoms with Crippen molar-refractivity contribution < 1.29 is 4.79 Å². The number of nitrogens with one attached hydrogen (secondary N) is 2. The lowest BCUT2D eigenvalue weighted by Gasteiger charge is -1.96. The van der Waals surface area contributed by atoms with Crippen LogP contribution in [0.3, 0.4) is 0 Å². The molecule has 0 saturated heterocycles. The minimum Gasteiger partial charge on any atom is -0.354 e. The van der Waals surface area contributed by atoms with E-state index in [-0.39, 0.29) is 11.6 Å². The average molecular weight is 178 g/mol. The summed E-state index contributed by atoms with van der Waals surface area (Å²) in [4.78, 5) is 17.8. The van der Waals surface area contributed by atoms with Crippen LogP contribution >= 0.6 is 0 Å². The van der Waals surface area contributed by atoms with Crippen LogP contribution in [0.25, 0.3) is 11.2 Å². The molecule has 0 aromatic carbocycles. The van der Waals surface area contributed by atoms with Crippen LogP contribution in [0.5, 0.6) is 0 Å². The van der Waals surface area contributed by atoms with Gasteiger partial charge in [0, 0.05) is 7.05 Å². The zero-order valence-electron chi connectivity index (χ0n) is 6.77. The molecule has 0 fully saturated rings. The number of imidazole rings is 1. The van der Waals surface area contributed by atoms with Gasteiger partial charge in [-0.15, -0.1) is 10.2 Å². The summed E-state index contributed by atoms with van der Waals surface area (Å²) in [6.07, 6.45) is 1.44. The zero-order valence-corrected chi connectivity index (χ0v) is 6.77. The number of amides is 1. The van der Waals surface area contributed by atoms with E-state index in [0.717, 1.165) is 0 Å². The molecule has 0 atom stereocenters. The lowest BCUT2D eigenvalue weighted by atomic mass is 10.3. The van der Waals surface area contributed by atoms with Gasteiger partial charge in [-0.2, -0.15) is 0 Å². The maximum atomic E-state index is 11.2. The Morgan fingerprint density at radius 1 is 1.54 bits per heavy atom. The van der Waals surface area contributed by atoms with Gasteiger partial charge < -0.3 is 10.3 Å². The maximum Gasteiger partial charge on any atom is 0.273 e. The van der Waals surface area contributed by atoms with Crippen LogP contribution in [-0.4, -0.2) is 38.3 Å². The molecular formula is C6H6N6O. The summed E-state index contributed by atoms with van der Waals surface area (Å²) in [5.41, 5.74) is 1.08. The van der Waals surface area contributed by atoms with Crippen molar-refractivity contribution in [2.45, 2.75) is 0 Å². The summed E-state index contributed by atoms with van der Waals surface area (Å²) in [6.45, 7) is 0. The van der Waals surface area contributed by atoms with E-state index in [4.69, 9.17) is 0 Å². The smallest absolute Gasteiger partial charge is 0.273 e. The van der Waals surface area contributed by atoms with Gasteiger partial charge in [0.25, 0.3) is 5.91 Å². The molecule has 0 bridgehead atoms. The van der Waals surface area contributed by atoms with E-state index in [9.17, 15) is 4.79 Å². The molecule has 2 aromatic rings. The standard InChI is InChI=1S/C6H6N6O/c1-7-6(13)4-3-5(9-2-8-3)11-12-10-4/h2H,1H3,(H,7,13)(H,8,9,10,11). The van der Waals surface area contributed by atoms with Crippen molar-refractivity contribution in [3.63, 3.8) is 0 Å². The topological polar surface area (TPSA) is 96.5 Å². The van der Waals surface area contributed by atoms with Gasteiger partial charge in [-0.25, -0.2) is 4.98 Å². The number of rotatable bonds is 1. The first-order valence-corrected chi connectivity index (χ1v) is 3.57. The summed E-state index contributed by atoms with van der Waals surface area (Å²) in [7, 11) is 1.52. The van der Waals surface area contributed by atoms with E-state index in [0.29, 0.717) is 11.2 Å². The van der Waals surface area contributed by atoms with Crippen molar-refractivity contribution in [3.8, 4) is 0 Å². The Bertz CT molecular complexity index is 449. The van der Waals surface area contributed by atoms with Crippen LogP contribution in [0, 0.1) is 0 Å². The summed E-state index contributed by atoms with van der Waals surface area (Å²) in [5, 5.41) is 13.1. The lowest BCUT2D eigenvalue weighted by Crippen LogP contribution is -2.20. The quantitative estimate of drug-likeness (QED) is 0.590. The molecule has 0 aliphatic rings. The Hall–Kier alpha value is -2.05. The second kappa shape index (κ2) is 2.77. The summed E-state index contributed by atoms with van der Waals surface area (Å²) < 4.78 is 0. The Morgan fingerprint density at radius 2 is 2.38 bits per heavy atom. The first-order chi connectivity index (χ1) is 6.33. The molecule has 0 aliphatic carbocycles. The number of aromatic amines is 1. The Labute approximate surface area is 72.6 Å². The molecule has 7 heteroatoms. The van der Waals surface area contributed by atoms with Crippen LogP contribution in [-0.2, 0) is 0 Å². The fourth-order valence-corrected chi connectivity index (χ4v) is 0.974. The third-order valence-corrected chi connectivity index (χ3v) is 1.58. The number of hydrogen-bond acceptors (Lipinski definition) is 5. The number of carbonyl (C=O) groups is 1. The van der Waals surface area contributed by atoms with Crippen molar-refractivity contribution in [2.75, 3.05) is 7.05 Å². The number of carbonyl (C=O) groups excluding carboxylic acids is 1. The van der Waals surface area contributed by atoms with E-state index in [1.54, 1.807) is 0 Å². The molecule has 2 heterocycles. The molecule has 0 radical (unpaired) electrons. The molecule has 66 valence electrons. The van der Waals surface area contributed by atoms with Gasteiger partial charge in [0.15, 0.2) is 5.69 Å². The van der Waals surface area contributed by atoms with Crippen LogP contribution < -0.4 is 5.32 Å². The fourth-order valence-electron chi connectivity index (χ4n) is 0.974. The highest BCUT2D eigenvalue weighted by atomic mass is 16.1. The number of fused-ring (bicyclic) bond motifs is 1. The van der Waals surface area contributed by atoms with Crippen molar-refractivity contribution in [1.29, 1.82) is 0 Å². The van der Waals surface area contributed by atoms with Crippen LogP contribution in [0.15, 0.2) is 6.33 Å². The van der Waals surface area contributed by atoms with Gasteiger partial charge >= 0.3 is 0 Å². The SMILES string of the molecule is CNC(=O)c1nnnc2nc[nH]c12. The Balaban J connectivity index is 2.67. The van der Waals surface area contributed by atoms with Gasteiger partial charge in [0.1, 0.15) is 5.52 Å². The Morgan fingerprint density at radius 3 is 3.15 bits per heavy atom. The van der Waals surface area contributed by atoms with Gasteiger partial charge in [-0.05, 0) is 5.21 Å². The minimum absolute atomic E-state index is 0.199. The molecule has 1 amide bonds. The van der Waals surface area contributed by atoms with E-state index >= 15 is 0 Å². The van der Waals surface area contributed by atoms with E-state index in [1.165, 1.54) is 13.4 Å². The van der Waals surface area contributed by atoms with Gasteiger partial charge in [0.05, 0.1) is 6.33 Å². The highest BCUT2D eigenvalue weighted by Crippen LogP contribution is 2.06. The van der Waals surface area contributed by atoms with Crippen molar-refractivity contribution >= 4 is 17.1 Å². The minimum atomic E-state index is -0.316. The van der Waals surface area contributed by atoms with E-state index < -0.39 is 0 Å². The largest absolute Gasteiger partial charge is 0.354 e. The van der Waals surface area contributed by atoms with Crippen molar-refractivity contribution in [1.82, 2.24) is 30.7 Å². The van der Waals surface area contributed by atoms with Gasteiger partial charge in [-0.3, -0.25) is 4.79 Å². The Kier molecular flexibility index (Phi) is 1.62. The maximum absolute atomic E-state index is 11.2. The second-order valence-corrected chi connectivity index (χ2v) is 2.32. The summed E-state index contributed by atoms with van der Waals surface area (Å²) in [5.74, 6) is -0.316. The third kappa shape index (κ3) is 1.10. The average Bonchev–Trinajstić information content (AvgIpc) is 2.63. The highest BCUT2D eigenvalue weighted by Gasteiger charge is 2.12. The van der Waals surface area contributed by atoms with E-state index in [2.05, 4.69) is 30.7 Å². The number of hydrogen-bond donors (Lipinski definition) is 2. The molecule has 2 rings (SSSR count). The fraction of sp³-hybridized carbons (Fsp3) is 0.167. The predicted octanol–water partition coefficient (Wildman–Crippen LogP) is -0.893. The monoisotopic (exact) mass is 178 g/mol. The molecule has 0 saturated carbocycles. The first kappa shape index (κ1) is 7.59. The second-order valence-electron chi connectivity index (χ2n) is 2.32. The molecule has 0 spiro atoms. The first-order valence-electron chi connectivity index (χ1n) is 3.57. The molecule has 2 N–H and O–H groups in total. The number of H-pyrrole nitrogens is 1. The summed E-state index contributed by atoms with van der Waals surface area (Å²) >= 11 is 0. The van der Waals surface area contributed by atoms with Crippen molar-refractivity contribution in [3.05, 3.63) is 12.0 Å². The van der Waals surface area contributed by atoms with Crippen LogP contribution in [0.1, 0.15) is 10.5 Å². The number of nitrogens with zero attached hydrogens (tertiary/aromatic N) is 4. The highest BCUT2D eigenvalue weighted by molar-refractivity contribution is 6.01. The normalized spacial score (nSPS) is 10.2. The summed E-state index contributed by atoms with van der Waals surface area (Å²) in [6, 6.07) is 0.